The van der Waals surface area contributed by atoms with Gasteiger partial charge in [-0.25, -0.2) is 0 Å². The summed E-state index contributed by atoms with van der Waals surface area (Å²) in [5, 5.41) is 8.83. The number of piperidine rings is 1. The Kier molecular flexibility index (Phi) is 5.14. The highest BCUT2D eigenvalue weighted by Crippen LogP contribution is 2.33. The van der Waals surface area contributed by atoms with Crippen molar-refractivity contribution in [2.75, 3.05) is 13.1 Å². The maximum absolute atomic E-state index is 12.8. The molecule has 2 rings (SSSR count). The molecule has 124 valence electrons. The fourth-order valence-electron chi connectivity index (χ4n) is 2.60. The Labute approximate surface area is 132 Å². The van der Waals surface area contributed by atoms with Crippen molar-refractivity contribution in [2.24, 2.45) is 5.92 Å². The number of hydrogen-bond acceptors (Lipinski definition) is 3. The summed E-state index contributed by atoms with van der Waals surface area (Å²) in [5.74, 6) is -1.61. The molecule has 0 N–H and O–H groups in total. The highest BCUT2D eigenvalue weighted by Gasteiger charge is 2.43. The second-order valence-electron chi connectivity index (χ2n) is 5.56. The Morgan fingerprint density at radius 3 is 2.87 bits per heavy atom. The van der Waals surface area contributed by atoms with E-state index in [1.807, 2.05) is 6.07 Å². The zero-order valence-corrected chi connectivity index (χ0v) is 12.6. The molecule has 1 aromatic carbocycles. The first-order valence-electron chi connectivity index (χ1n) is 7.33. The molecule has 0 aliphatic carbocycles. The Balaban J connectivity index is 2.00. The summed E-state index contributed by atoms with van der Waals surface area (Å²) in [5.41, 5.74) is 0.386. The van der Waals surface area contributed by atoms with Crippen molar-refractivity contribution in [1.82, 2.24) is 4.90 Å². The molecule has 0 spiro atoms. The van der Waals surface area contributed by atoms with Crippen LogP contribution in [-0.4, -0.2) is 36.2 Å². The topological polar surface area (TPSA) is 53.3 Å². The minimum Gasteiger partial charge on any atom is -0.481 e. The molecule has 2 atom stereocenters. The number of carbonyl (C=O) groups excluding carboxylic acids is 1. The average Bonchev–Trinajstić information content (AvgIpc) is 2.53. The van der Waals surface area contributed by atoms with Gasteiger partial charge in [-0.05, 0) is 38.0 Å². The van der Waals surface area contributed by atoms with Crippen LogP contribution in [0.4, 0.5) is 13.2 Å². The van der Waals surface area contributed by atoms with Crippen molar-refractivity contribution in [1.29, 1.82) is 5.26 Å². The number of rotatable bonds is 3. The van der Waals surface area contributed by atoms with Crippen LogP contribution in [0.5, 0.6) is 5.75 Å². The van der Waals surface area contributed by atoms with Gasteiger partial charge >= 0.3 is 6.18 Å². The van der Waals surface area contributed by atoms with Crippen molar-refractivity contribution in [3.05, 3.63) is 29.8 Å². The number of carbonyl (C=O) groups is 1. The first-order chi connectivity index (χ1) is 10.8. The van der Waals surface area contributed by atoms with Crippen LogP contribution in [0, 0.1) is 17.2 Å². The molecule has 1 amide bonds. The Morgan fingerprint density at radius 1 is 1.48 bits per heavy atom. The van der Waals surface area contributed by atoms with Gasteiger partial charge in [-0.15, -0.1) is 0 Å². The largest absolute Gasteiger partial charge is 0.481 e. The number of likely N-dealkylation sites (tertiary alicyclic amines) is 1. The fourth-order valence-corrected chi connectivity index (χ4v) is 2.60. The van der Waals surface area contributed by atoms with E-state index in [-0.39, 0.29) is 13.0 Å². The molecule has 0 unspecified atom stereocenters. The molecular formula is C16H17F3N2O2. The second-order valence-corrected chi connectivity index (χ2v) is 5.56. The maximum Gasteiger partial charge on any atom is 0.393 e. The molecule has 0 radical (unpaired) electrons. The predicted molar refractivity (Wildman–Crippen MR) is 76.6 cm³/mol. The number of nitrogens with zero attached hydrogens (tertiary/aromatic N) is 2. The van der Waals surface area contributed by atoms with Crippen molar-refractivity contribution >= 4 is 5.91 Å². The molecular weight excluding hydrogens is 309 g/mol. The van der Waals surface area contributed by atoms with Gasteiger partial charge in [-0.1, -0.05) is 6.07 Å². The summed E-state index contributed by atoms with van der Waals surface area (Å²) in [7, 11) is 0. The molecule has 1 saturated heterocycles. The monoisotopic (exact) mass is 326 g/mol. The van der Waals surface area contributed by atoms with E-state index in [1.165, 1.54) is 17.9 Å². The fraction of sp³-hybridized carbons (Fsp3) is 0.500. The minimum atomic E-state index is -4.29. The highest BCUT2D eigenvalue weighted by atomic mass is 19.4. The molecule has 1 aliphatic rings. The van der Waals surface area contributed by atoms with Crippen LogP contribution < -0.4 is 4.74 Å². The molecule has 1 fully saturated rings. The zero-order chi connectivity index (χ0) is 17.0. The number of benzene rings is 1. The van der Waals surface area contributed by atoms with Gasteiger partial charge in [-0.3, -0.25) is 4.79 Å². The summed E-state index contributed by atoms with van der Waals surface area (Å²) in [6.07, 6.45) is -4.82. The molecule has 4 nitrogen and oxygen atoms in total. The molecule has 0 saturated carbocycles. The lowest BCUT2D eigenvalue weighted by molar-refractivity contribution is -0.189. The van der Waals surface area contributed by atoms with E-state index in [1.54, 1.807) is 18.2 Å². The molecule has 23 heavy (non-hydrogen) atoms. The number of hydrogen-bond donors (Lipinski definition) is 0. The van der Waals surface area contributed by atoms with Gasteiger partial charge in [0.15, 0.2) is 6.10 Å². The average molecular weight is 326 g/mol. The van der Waals surface area contributed by atoms with Crippen LogP contribution in [0.3, 0.4) is 0 Å². The molecule has 1 heterocycles. The molecule has 0 aromatic heterocycles. The van der Waals surface area contributed by atoms with E-state index in [9.17, 15) is 18.0 Å². The Bertz CT molecular complexity index is 610. The Hall–Kier alpha value is -2.23. The second kappa shape index (κ2) is 6.90. The third-order valence-corrected chi connectivity index (χ3v) is 3.82. The van der Waals surface area contributed by atoms with Crippen LogP contribution in [0.25, 0.3) is 0 Å². The van der Waals surface area contributed by atoms with Gasteiger partial charge in [-0.2, -0.15) is 18.4 Å². The molecule has 7 heteroatoms. The van der Waals surface area contributed by atoms with Crippen LogP contribution in [0.1, 0.15) is 25.3 Å². The molecule has 0 bridgehead atoms. The molecule has 1 aromatic rings. The van der Waals surface area contributed by atoms with Crippen molar-refractivity contribution in [3.8, 4) is 11.8 Å². The number of nitriles is 1. The van der Waals surface area contributed by atoms with Gasteiger partial charge in [0.1, 0.15) is 5.75 Å². The van der Waals surface area contributed by atoms with E-state index in [4.69, 9.17) is 10.00 Å². The standard InChI is InChI=1S/C16H17F3N2O2/c1-11(23-14-6-2-4-12(8-14)9-20)15(22)21-7-3-5-13(10-21)16(17,18)19/h2,4,6,8,11,13H,3,5,7,10H2,1H3/t11-,13-/m0/s1. The lowest BCUT2D eigenvalue weighted by Gasteiger charge is -2.35. The van der Waals surface area contributed by atoms with E-state index < -0.39 is 24.1 Å². The first-order valence-corrected chi connectivity index (χ1v) is 7.33. The minimum absolute atomic E-state index is 0.0483. The van der Waals surface area contributed by atoms with Gasteiger partial charge in [0, 0.05) is 13.1 Å². The van der Waals surface area contributed by atoms with Gasteiger partial charge < -0.3 is 9.64 Å². The summed E-state index contributed by atoms with van der Waals surface area (Å²) in [4.78, 5) is 13.5. The van der Waals surface area contributed by atoms with Gasteiger partial charge in [0.25, 0.3) is 5.91 Å². The van der Waals surface area contributed by atoms with E-state index in [0.29, 0.717) is 24.3 Å². The summed E-state index contributed by atoms with van der Waals surface area (Å²) >= 11 is 0. The third-order valence-electron chi connectivity index (χ3n) is 3.82. The quantitative estimate of drug-likeness (QED) is 0.857. The van der Waals surface area contributed by atoms with Crippen LogP contribution in [0.15, 0.2) is 24.3 Å². The van der Waals surface area contributed by atoms with Crippen LogP contribution >= 0.6 is 0 Å². The van der Waals surface area contributed by atoms with Crippen LogP contribution in [0.2, 0.25) is 0 Å². The number of ether oxygens (including phenoxy) is 1. The molecule has 1 aliphatic heterocycles. The third kappa shape index (κ3) is 4.38. The number of amides is 1. The SMILES string of the molecule is C[C@H](Oc1cccc(C#N)c1)C(=O)N1CCC[C@H](C(F)(F)F)C1. The zero-order valence-electron chi connectivity index (χ0n) is 12.6. The number of alkyl halides is 3. The van der Waals surface area contributed by atoms with Crippen molar-refractivity contribution < 1.29 is 22.7 Å². The van der Waals surface area contributed by atoms with Gasteiger partial charge in [0.2, 0.25) is 0 Å². The highest BCUT2D eigenvalue weighted by molar-refractivity contribution is 5.81. The lowest BCUT2D eigenvalue weighted by atomic mass is 9.97. The summed E-state index contributed by atoms with van der Waals surface area (Å²) in [6, 6.07) is 8.25. The predicted octanol–water partition coefficient (Wildman–Crippen LogP) is 3.13. The van der Waals surface area contributed by atoms with E-state index >= 15 is 0 Å². The van der Waals surface area contributed by atoms with Crippen molar-refractivity contribution in [2.45, 2.75) is 32.0 Å². The number of halogens is 3. The smallest absolute Gasteiger partial charge is 0.393 e. The van der Waals surface area contributed by atoms with E-state index in [2.05, 4.69) is 0 Å². The van der Waals surface area contributed by atoms with Crippen LogP contribution in [-0.2, 0) is 4.79 Å². The summed E-state index contributed by atoms with van der Waals surface area (Å²) in [6.45, 7) is 1.48. The normalized spacial score (nSPS) is 19.8. The van der Waals surface area contributed by atoms with Crippen molar-refractivity contribution in [3.63, 3.8) is 0 Å². The lowest BCUT2D eigenvalue weighted by Crippen LogP contribution is -2.48. The van der Waals surface area contributed by atoms with Gasteiger partial charge in [0.05, 0.1) is 17.6 Å². The maximum atomic E-state index is 12.8. The van der Waals surface area contributed by atoms with E-state index in [0.717, 1.165) is 0 Å². The first kappa shape index (κ1) is 17.1. The summed E-state index contributed by atoms with van der Waals surface area (Å²) < 4.78 is 43.9. The Morgan fingerprint density at radius 2 is 2.22 bits per heavy atom.